The first-order valence-corrected chi connectivity index (χ1v) is 9.22. The van der Waals surface area contributed by atoms with E-state index in [0.717, 1.165) is 43.8 Å². The Kier molecular flexibility index (Phi) is 4.55. The van der Waals surface area contributed by atoms with E-state index in [1.807, 2.05) is 12.3 Å². The van der Waals surface area contributed by atoms with Gasteiger partial charge in [0.1, 0.15) is 11.6 Å². The zero-order valence-corrected chi connectivity index (χ0v) is 14.0. The molecule has 6 heteroatoms. The standard InChI is InChI=1S/C17H22N4OS/c1-2-13(1)9-19-16-3-5-18-17(20-16)15-11-22-7-6-21(15)10-14-4-8-23-12-14/h3-5,8,12-13,15H,1-2,6-7,9-11H2,(H,18,19,20). The van der Waals surface area contributed by atoms with Crippen molar-refractivity contribution in [2.75, 3.05) is 31.6 Å². The first-order chi connectivity index (χ1) is 11.4. The number of aromatic nitrogens is 2. The van der Waals surface area contributed by atoms with Crippen LogP contribution in [0.2, 0.25) is 0 Å². The predicted octanol–water partition coefficient (Wildman–Crippen LogP) is 2.93. The Bertz CT molecular complexity index is 629. The monoisotopic (exact) mass is 330 g/mol. The number of ether oxygens (including phenoxy) is 1. The van der Waals surface area contributed by atoms with E-state index in [2.05, 4.69) is 32.0 Å². The second-order valence-corrected chi connectivity index (χ2v) is 7.10. The molecular weight excluding hydrogens is 308 g/mol. The Morgan fingerprint density at radius 3 is 3.13 bits per heavy atom. The summed E-state index contributed by atoms with van der Waals surface area (Å²) in [5.41, 5.74) is 1.35. The number of hydrogen-bond donors (Lipinski definition) is 1. The Morgan fingerprint density at radius 1 is 1.35 bits per heavy atom. The van der Waals surface area contributed by atoms with Crippen LogP contribution >= 0.6 is 11.3 Å². The fourth-order valence-electron chi connectivity index (χ4n) is 2.89. The van der Waals surface area contributed by atoms with E-state index in [4.69, 9.17) is 9.72 Å². The lowest BCUT2D eigenvalue weighted by molar-refractivity contribution is -0.0158. The van der Waals surface area contributed by atoms with E-state index in [1.54, 1.807) is 11.3 Å². The minimum absolute atomic E-state index is 0.131. The third kappa shape index (κ3) is 3.88. The van der Waals surface area contributed by atoms with Gasteiger partial charge in [-0.05, 0) is 47.2 Å². The molecule has 0 amide bonds. The number of nitrogens with one attached hydrogen (secondary N) is 1. The predicted molar refractivity (Wildman–Crippen MR) is 91.5 cm³/mol. The fourth-order valence-corrected chi connectivity index (χ4v) is 3.55. The largest absolute Gasteiger partial charge is 0.378 e. The van der Waals surface area contributed by atoms with Crippen LogP contribution in [-0.4, -0.2) is 41.2 Å². The van der Waals surface area contributed by atoms with Crippen molar-refractivity contribution in [1.82, 2.24) is 14.9 Å². The van der Waals surface area contributed by atoms with E-state index >= 15 is 0 Å². The van der Waals surface area contributed by atoms with Crippen molar-refractivity contribution in [3.63, 3.8) is 0 Å². The van der Waals surface area contributed by atoms with Crippen molar-refractivity contribution in [3.8, 4) is 0 Å². The van der Waals surface area contributed by atoms with Gasteiger partial charge in [0.2, 0.25) is 0 Å². The van der Waals surface area contributed by atoms with Gasteiger partial charge in [0, 0.05) is 25.8 Å². The Hall–Kier alpha value is -1.50. The highest BCUT2D eigenvalue weighted by molar-refractivity contribution is 7.07. The normalized spacial score (nSPS) is 22.2. The molecule has 0 radical (unpaired) electrons. The molecule has 0 spiro atoms. The highest BCUT2D eigenvalue weighted by Crippen LogP contribution is 2.29. The first kappa shape index (κ1) is 15.1. The lowest BCUT2D eigenvalue weighted by Crippen LogP contribution is -2.39. The summed E-state index contributed by atoms with van der Waals surface area (Å²) in [6.45, 7) is 4.32. The molecule has 1 aliphatic carbocycles. The van der Waals surface area contributed by atoms with Gasteiger partial charge in [0.05, 0.1) is 19.3 Å². The lowest BCUT2D eigenvalue weighted by Gasteiger charge is -2.34. The number of nitrogens with zero attached hydrogens (tertiary/aromatic N) is 3. The molecule has 2 fully saturated rings. The van der Waals surface area contributed by atoms with Crippen molar-refractivity contribution in [1.29, 1.82) is 0 Å². The SMILES string of the molecule is c1cc(NCC2CC2)nc(C2COCCN2Cc2ccsc2)n1. The maximum Gasteiger partial charge on any atom is 0.150 e. The molecule has 1 saturated carbocycles. The Morgan fingerprint density at radius 2 is 2.30 bits per heavy atom. The van der Waals surface area contributed by atoms with Crippen molar-refractivity contribution < 1.29 is 4.74 Å². The van der Waals surface area contributed by atoms with Gasteiger partial charge in [-0.2, -0.15) is 11.3 Å². The number of hydrogen-bond acceptors (Lipinski definition) is 6. The molecule has 1 saturated heterocycles. The van der Waals surface area contributed by atoms with Crippen LogP contribution in [0.25, 0.3) is 0 Å². The van der Waals surface area contributed by atoms with Gasteiger partial charge in [0.15, 0.2) is 0 Å². The highest BCUT2D eigenvalue weighted by atomic mass is 32.1. The van der Waals surface area contributed by atoms with Crippen molar-refractivity contribution in [3.05, 3.63) is 40.5 Å². The molecule has 5 nitrogen and oxygen atoms in total. The smallest absolute Gasteiger partial charge is 0.150 e. The zero-order valence-electron chi connectivity index (χ0n) is 13.1. The van der Waals surface area contributed by atoms with Gasteiger partial charge in [-0.3, -0.25) is 4.90 Å². The second-order valence-electron chi connectivity index (χ2n) is 6.32. The number of rotatable bonds is 6. The van der Waals surface area contributed by atoms with E-state index in [0.29, 0.717) is 6.61 Å². The average molecular weight is 330 g/mol. The van der Waals surface area contributed by atoms with Crippen molar-refractivity contribution in [2.24, 2.45) is 5.92 Å². The summed E-state index contributed by atoms with van der Waals surface area (Å²) in [6.07, 6.45) is 4.54. The average Bonchev–Trinajstić information content (AvgIpc) is 3.29. The van der Waals surface area contributed by atoms with Crippen LogP contribution in [0.5, 0.6) is 0 Å². The molecule has 1 unspecified atom stereocenters. The molecule has 0 aromatic carbocycles. The summed E-state index contributed by atoms with van der Waals surface area (Å²) in [6, 6.07) is 4.27. The van der Waals surface area contributed by atoms with Crippen LogP contribution < -0.4 is 5.32 Å². The van der Waals surface area contributed by atoms with E-state index < -0.39 is 0 Å². The molecule has 2 aromatic heterocycles. The molecule has 1 aliphatic heterocycles. The summed E-state index contributed by atoms with van der Waals surface area (Å²) >= 11 is 1.74. The Labute approximate surface area is 140 Å². The minimum Gasteiger partial charge on any atom is -0.378 e. The molecule has 0 bridgehead atoms. The molecular formula is C17H22N4OS. The van der Waals surface area contributed by atoms with E-state index in [1.165, 1.54) is 18.4 Å². The van der Waals surface area contributed by atoms with Crippen LogP contribution in [0.4, 0.5) is 5.82 Å². The van der Waals surface area contributed by atoms with Crippen molar-refractivity contribution in [2.45, 2.75) is 25.4 Å². The number of morpholine rings is 1. The van der Waals surface area contributed by atoms with E-state index in [9.17, 15) is 0 Å². The molecule has 3 heterocycles. The molecule has 2 aromatic rings. The Balaban J connectivity index is 1.48. The van der Waals surface area contributed by atoms with Crippen molar-refractivity contribution >= 4 is 17.2 Å². The molecule has 1 N–H and O–H groups in total. The van der Waals surface area contributed by atoms with E-state index in [-0.39, 0.29) is 6.04 Å². The molecule has 2 aliphatic rings. The second kappa shape index (κ2) is 6.95. The molecule has 122 valence electrons. The van der Waals surface area contributed by atoms with Crippen LogP contribution in [0, 0.1) is 5.92 Å². The topological polar surface area (TPSA) is 50.3 Å². The fraction of sp³-hybridized carbons (Fsp3) is 0.529. The first-order valence-electron chi connectivity index (χ1n) is 8.28. The summed E-state index contributed by atoms with van der Waals surface area (Å²) < 4.78 is 5.69. The van der Waals surface area contributed by atoms with Gasteiger partial charge in [-0.1, -0.05) is 0 Å². The van der Waals surface area contributed by atoms with Crippen LogP contribution in [-0.2, 0) is 11.3 Å². The maximum absolute atomic E-state index is 5.69. The summed E-state index contributed by atoms with van der Waals surface area (Å²) in [4.78, 5) is 11.7. The summed E-state index contributed by atoms with van der Waals surface area (Å²) in [5.74, 6) is 2.63. The maximum atomic E-state index is 5.69. The number of thiophene rings is 1. The van der Waals surface area contributed by atoms with Gasteiger partial charge in [0.25, 0.3) is 0 Å². The van der Waals surface area contributed by atoms with Gasteiger partial charge < -0.3 is 10.1 Å². The van der Waals surface area contributed by atoms with Crippen LogP contribution in [0.1, 0.15) is 30.3 Å². The van der Waals surface area contributed by atoms with Crippen LogP contribution in [0.15, 0.2) is 29.1 Å². The summed E-state index contributed by atoms with van der Waals surface area (Å²) in [5, 5.41) is 7.78. The summed E-state index contributed by atoms with van der Waals surface area (Å²) in [7, 11) is 0. The third-order valence-corrected chi connectivity index (χ3v) is 5.18. The highest BCUT2D eigenvalue weighted by Gasteiger charge is 2.27. The van der Waals surface area contributed by atoms with Gasteiger partial charge in [-0.15, -0.1) is 0 Å². The lowest BCUT2D eigenvalue weighted by atomic mass is 10.2. The molecule has 23 heavy (non-hydrogen) atoms. The quantitative estimate of drug-likeness (QED) is 0.882. The third-order valence-electron chi connectivity index (χ3n) is 4.45. The zero-order chi connectivity index (χ0) is 15.5. The van der Waals surface area contributed by atoms with Gasteiger partial charge >= 0.3 is 0 Å². The van der Waals surface area contributed by atoms with Gasteiger partial charge in [-0.25, -0.2) is 9.97 Å². The molecule has 1 atom stereocenters. The minimum atomic E-state index is 0.131. The number of anilines is 1. The molecule has 4 rings (SSSR count). The van der Waals surface area contributed by atoms with Crippen LogP contribution in [0.3, 0.4) is 0 Å².